The number of anilines is 1. The number of rotatable bonds is 7. The highest BCUT2D eigenvalue weighted by Crippen LogP contribution is 2.37. The predicted octanol–water partition coefficient (Wildman–Crippen LogP) is 3.20. The van der Waals surface area contributed by atoms with E-state index in [9.17, 15) is 14.4 Å². The summed E-state index contributed by atoms with van der Waals surface area (Å²) in [4.78, 5) is 36.2. The molecular formula is C21H21NO7. The molecule has 152 valence electrons. The molecule has 0 unspecified atom stereocenters. The second-order valence-electron chi connectivity index (χ2n) is 6.62. The third-order valence-corrected chi connectivity index (χ3v) is 3.96. The van der Waals surface area contributed by atoms with Crippen molar-refractivity contribution in [2.75, 3.05) is 18.7 Å². The number of carbonyl (C=O) groups is 3. The SMILES string of the molecule is CC(=O)c1cc2c(cc1NC(=O)COC(=O)c1ccc(OC(C)C)cc1)OCO2. The molecule has 0 radical (unpaired) electrons. The fraction of sp³-hybridized carbons (Fsp3) is 0.286. The number of benzene rings is 2. The van der Waals surface area contributed by atoms with Crippen molar-refractivity contribution in [3.05, 3.63) is 47.5 Å². The van der Waals surface area contributed by atoms with Gasteiger partial charge in [-0.2, -0.15) is 0 Å². The molecule has 1 aliphatic heterocycles. The summed E-state index contributed by atoms with van der Waals surface area (Å²) < 4.78 is 21.1. The standard InChI is InChI=1S/C21H21NO7/c1-12(2)29-15-6-4-14(5-7-15)21(25)26-10-20(24)22-17-9-19-18(27-11-28-19)8-16(17)13(3)23/h4-9,12H,10-11H2,1-3H3,(H,22,24). The van der Waals surface area contributed by atoms with Gasteiger partial charge in [-0.3, -0.25) is 9.59 Å². The summed E-state index contributed by atoms with van der Waals surface area (Å²) in [6.45, 7) is 4.72. The van der Waals surface area contributed by atoms with Gasteiger partial charge in [0.05, 0.1) is 17.4 Å². The van der Waals surface area contributed by atoms with E-state index < -0.39 is 18.5 Å². The van der Waals surface area contributed by atoms with Gasteiger partial charge in [0, 0.05) is 11.6 Å². The van der Waals surface area contributed by atoms with Crippen molar-refractivity contribution in [3.8, 4) is 17.2 Å². The van der Waals surface area contributed by atoms with Crippen molar-refractivity contribution in [1.82, 2.24) is 0 Å². The van der Waals surface area contributed by atoms with Crippen molar-refractivity contribution < 1.29 is 33.3 Å². The summed E-state index contributed by atoms with van der Waals surface area (Å²) >= 11 is 0. The van der Waals surface area contributed by atoms with Crippen molar-refractivity contribution in [2.45, 2.75) is 26.9 Å². The van der Waals surface area contributed by atoms with Gasteiger partial charge in [-0.1, -0.05) is 0 Å². The molecule has 1 heterocycles. The maximum absolute atomic E-state index is 12.2. The summed E-state index contributed by atoms with van der Waals surface area (Å²) in [6.07, 6.45) is 0.0209. The molecule has 1 amide bonds. The van der Waals surface area contributed by atoms with E-state index in [1.54, 1.807) is 24.3 Å². The number of fused-ring (bicyclic) bond motifs is 1. The van der Waals surface area contributed by atoms with Gasteiger partial charge in [0.25, 0.3) is 5.91 Å². The van der Waals surface area contributed by atoms with Crippen LogP contribution in [0, 0.1) is 0 Å². The predicted molar refractivity (Wildman–Crippen MR) is 104 cm³/mol. The number of Topliss-reactive ketones (excluding diaryl/α,β-unsaturated/α-hetero) is 1. The number of nitrogens with one attached hydrogen (secondary N) is 1. The highest BCUT2D eigenvalue weighted by atomic mass is 16.7. The van der Waals surface area contributed by atoms with E-state index in [2.05, 4.69) is 5.32 Å². The molecule has 0 bridgehead atoms. The highest BCUT2D eigenvalue weighted by Gasteiger charge is 2.21. The van der Waals surface area contributed by atoms with Crippen LogP contribution in [-0.4, -0.2) is 37.2 Å². The Morgan fingerprint density at radius 1 is 1.07 bits per heavy atom. The number of carbonyl (C=O) groups excluding carboxylic acids is 3. The summed E-state index contributed by atoms with van der Waals surface area (Å²) in [5.74, 6) is 0.0110. The molecule has 2 aromatic rings. The second kappa shape index (κ2) is 8.64. The molecule has 8 nitrogen and oxygen atoms in total. The number of hydrogen-bond donors (Lipinski definition) is 1. The minimum absolute atomic E-state index is 0.0209. The summed E-state index contributed by atoms with van der Waals surface area (Å²) in [6, 6.07) is 9.44. The molecule has 0 fully saturated rings. The summed E-state index contributed by atoms with van der Waals surface area (Å²) in [5.41, 5.74) is 0.828. The average Bonchev–Trinajstić information content (AvgIpc) is 3.13. The Morgan fingerprint density at radius 2 is 1.72 bits per heavy atom. The van der Waals surface area contributed by atoms with Gasteiger partial charge in [-0.25, -0.2) is 4.79 Å². The Bertz CT molecular complexity index is 935. The Balaban J connectivity index is 1.60. The molecule has 0 spiro atoms. The third-order valence-electron chi connectivity index (χ3n) is 3.96. The zero-order valence-electron chi connectivity index (χ0n) is 16.3. The van der Waals surface area contributed by atoms with Crippen molar-refractivity contribution >= 4 is 23.3 Å². The van der Waals surface area contributed by atoms with Gasteiger partial charge in [0.2, 0.25) is 6.79 Å². The largest absolute Gasteiger partial charge is 0.491 e. The molecule has 1 aliphatic rings. The minimum atomic E-state index is -0.645. The van der Waals surface area contributed by atoms with E-state index in [0.717, 1.165) is 0 Å². The van der Waals surface area contributed by atoms with Crippen LogP contribution in [-0.2, 0) is 9.53 Å². The molecule has 3 rings (SSSR count). The zero-order valence-corrected chi connectivity index (χ0v) is 16.3. The topological polar surface area (TPSA) is 100 Å². The first-order chi connectivity index (χ1) is 13.8. The lowest BCUT2D eigenvalue weighted by Crippen LogP contribution is -2.22. The van der Waals surface area contributed by atoms with Crippen molar-refractivity contribution in [3.63, 3.8) is 0 Å². The molecule has 0 saturated heterocycles. The van der Waals surface area contributed by atoms with Crippen LogP contribution in [0.15, 0.2) is 36.4 Å². The molecular weight excluding hydrogens is 378 g/mol. The Labute approximate surface area is 167 Å². The van der Waals surface area contributed by atoms with Gasteiger partial charge < -0.3 is 24.3 Å². The fourth-order valence-corrected chi connectivity index (χ4v) is 2.68. The first-order valence-corrected chi connectivity index (χ1v) is 9.01. The number of esters is 1. The van der Waals surface area contributed by atoms with Crippen LogP contribution >= 0.6 is 0 Å². The Kier molecular flexibility index (Phi) is 6.01. The lowest BCUT2D eigenvalue weighted by molar-refractivity contribution is -0.119. The van der Waals surface area contributed by atoms with Crippen LogP contribution in [0.3, 0.4) is 0 Å². The van der Waals surface area contributed by atoms with E-state index in [1.807, 2.05) is 13.8 Å². The Hall–Kier alpha value is -3.55. The summed E-state index contributed by atoms with van der Waals surface area (Å²) in [7, 11) is 0. The zero-order chi connectivity index (χ0) is 21.0. The van der Waals surface area contributed by atoms with Crippen LogP contribution in [0.4, 0.5) is 5.69 Å². The Morgan fingerprint density at radius 3 is 2.34 bits per heavy atom. The molecule has 0 atom stereocenters. The maximum Gasteiger partial charge on any atom is 0.338 e. The lowest BCUT2D eigenvalue weighted by Gasteiger charge is -2.11. The van der Waals surface area contributed by atoms with E-state index in [1.165, 1.54) is 19.1 Å². The van der Waals surface area contributed by atoms with Crippen LogP contribution in [0.25, 0.3) is 0 Å². The first kappa shape index (κ1) is 20.2. The third kappa shape index (κ3) is 5.04. The minimum Gasteiger partial charge on any atom is -0.491 e. The molecule has 8 heteroatoms. The van der Waals surface area contributed by atoms with Gasteiger partial charge in [0.15, 0.2) is 23.9 Å². The van der Waals surface area contributed by atoms with Gasteiger partial charge in [0.1, 0.15) is 5.75 Å². The molecule has 0 aromatic heterocycles. The normalized spacial score (nSPS) is 11.9. The number of amides is 1. The van der Waals surface area contributed by atoms with Gasteiger partial charge in [-0.05, 0) is 51.1 Å². The van der Waals surface area contributed by atoms with Gasteiger partial charge in [-0.15, -0.1) is 0 Å². The monoisotopic (exact) mass is 399 g/mol. The van der Waals surface area contributed by atoms with E-state index in [4.69, 9.17) is 18.9 Å². The number of ether oxygens (including phenoxy) is 4. The maximum atomic E-state index is 12.2. The number of hydrogen-bond acceptors (Lipinski definition) is 7. The summed E-state index contributed by atoms with van der Waals surface area (Å²) in [5, 5.41) is 2.57. The van der Waals surface area contributed by atoms with Crippen LogP contribution in [0.5, 0.6) is 17.2 Å². The van der Waals surface area contributed by atoms with Crippen LogP contribution in [0.1, 0.15) is 41.5 Å². The first-order valence-electron chi connectivity index (χ1n) is 9.01. The molecule has 1 N–H and O–H groups in total. The molecule has 0 saturated carbocycles. The smallest absolute Gasteiger partial charge is 0.338 e. The van der Waals surface area contributed by atoms with Crippen LogP contribution < -0.4 is 19.5 Å². The fourth-order valence-electron chi connectivity index (χ4n) is 2.68. The number of ketones is 1. The average molecular weight is 399 g/mol. The van der Waals surface area contributed by atoms with Crippen molar-refractivity contribution in [1.29, 1.82) is 0 Å². The van der Waals surface area contributed by atoms with Crippen molar-refractivity contribution in [2.24, 2.45) is 0 Å². The van der Waals surface area contributed by atoms with Gasteiger partial charge >= 0.3 is 5.97 Å². The van der Waals surface area contributed by atoms with E-state index >= 15 is 0 Å². The van der Waals surface area contributed by atoms with E-state index in [0.29, 0.717) is 22.8 Å². The second-order valence-corrected chi connectivity index (χ2v) is 6.62. The molecule has 0 aliphatic carbocycles. The highest BCUT2D eigenvalue weighted by molar-refractivity contribution is 6.05. The quantitative estimate of drug-likeness (QED) is 0.564. The molecule has 29 heavy (non-hydrogen) atoms. The molecule has 2 aromatic carbocycles. The van der Waals surface area contributed by atoms with Crippen LogP contribution in [0.2, 0.25) is 0 Å². The lowest BCUT2D eigenvalue weighted by atomic mass is 10.1. The van der Waals surface area contributed by atoms with E-state index in [-0.39, 0.29) is 29.9 Å².